The van der Waals surface area contributed by atoms with Crippen LogP contribution in [0.5, 0.6) is 11.5 Å². The molecular formula is C31H33N3O7S2. The Hall–Kier alpha value is -4.55. The Morgan fingerprint density at radius 2 is 1.47 bits per heavy atom. The minimum Gasteiger partial charge on any atom is -0.497 e. The molecule has 4 aromatic rings. The quantitative estimate of drug-likeness (QED) is 0.231. The summed E-state index contributed by atoms with van der Waals surface area (Å²) in [6, 6.07) is 22.6. The third-order valence-corrected chi connectivity index (χ3v) is 9.32. The highest BCUT2D eigenvalue weighted by Crippen LogP contribution is 2.31. The SMILES string of the molecule is COc1ccc(OC)c(NS(=O)(=O)c2ccc(NC(=O)c3ccc(CN(c4ccc(C)c(C)c4)S(C)(=O)=O)cc3)cc2)c1. The molecular weight excluding hydrogens is 590 g/mol. The highest BCUT2D eigenvalue weighted by molar-refractivity contribution is 7.92. The van der Waals surface area contributed by atoms with Gasteiger partial charge in [0.2, 0.25) is 10.0 Å². The molecule has 0 aliphatic carbocycles. The number of carbonyl (C=O) groups is 1. The molecule has 0 saturated carbocycles. The van der Waals surface area contributed by atoms with Crippen LogP contribution in [0.1, 0.15) is 27.0 Å². The zero-order chi connectivity index (χ0) is 31.4. The van der Waals surface area contributed by atoms with Crippen LogP contribution in [0.2, 0.25) is 0 Å². The van der Waals surface area contributed by atoms with E-state index in [9.17, 15) is 21.6 Å². The van der Waals surface area contributed by atoms with Crippen molar-refractivity contribution in [3.63, 3.8) is 0 Å². The van der Waals surface area contributed by atoms with Gasteiger partial charge in [-0.05, 0) is 91.2 Å². The van der Waals surface area contributed by atoms with Crippen molar-refractivity contribution < 1.29 is 31.1 Å². The van der Waals surface area contributed by atoms with Crippen LogP contribution >= 0.6 is 0 Å². The van der Waals surface area contributed by atoms with Crippen LogP contribution in [0, 0.1) is 13.8 Å². The predicted molar refractivity (Wildman–Crippen MR) is 168 cm³/mol. The molecule has 0 unspecified atom stereocenters. The number of aryl methyl sites for hydroxylation is 2. The average Bonchev–Trinajstić information content (AvgIpc) is 2.97. The van der Waals surface area contributed by atoms with Crippen molar-refractivity contribution in [3.05, 3.63) is 107 Å². The molecule has 0 bridgehead atoms. The normalized spacial score (nSPS) is 11.5. The Labute approximate surface area is 252 Å². The summed E-state index contributed by atoms with van der Waals surface area (Å²) >= 11 is 0. The van der Waals surface area contributed by atoms with Crippen molar-refractivity contribution >= 4 is 43.0 Å². The summed E-state index contributed by atoms with van der Waals surface area (Å²) < 4.78 is 65.3. The molecule has 0 atom stereocenters. The monoisotopic (exact) mass is 623 g/mol. The van der Waals surface area contributed by atoms with E-state index in [1.165, 1.54) is 48.9 Å². The van der Waals surface area contributed by atoms with E-state index in [1.54, 1.807) is 42.5 Å². The van der Waals surface area contributed by atoms with Crippen molar-refractivity contribution in [1.29, 1.82) is 0 Å². The first-order chi connectivity index (χ1) is 20.3. The van der Waals surface area contributed by atoms with E-state index < -0.39 is 26.0 Å². The molecule has 0 aliphatic heterocycles. The van der Waals surface area contributed by atoms with E-state index in [4.69, 9.17) is 9.47 Å². The number of anilines is 3. The van der Waals surface area contributed by atoms with E-state index in [1.807, 2.05) is 26.0 Å². The van der Waals surface area contributed by atoms with Crippen molar-refractivity contribution in [2.24, 2.45) is 0 Å². The maximum absolute atomic E-state index is 13.0. The second-order valence-electron chi connectivity index (χ2n) is 9.89. The van der Waals surface area contributed by atoms with Gasteiger partial charge in [0.15, 0.2) is 0 Å². The molecule has 4 aromatic carbocycles. The van der Waals surface area contributed by atoms with Gasteiger partial charge in [0.1, 0.15) is 11.5 Å². The number of ether oxygens (including phenoxy) is 2. The van der Waals surface area contributed by atoms with Gasteiger partial charge < -0.3 is 14.8 Å². The molecule has 1 amide bonds. The third kappa shape index (κ3) is 7.65. The Morgan fingerprint density at radius 1 is 0.791 bits per heavy atom. The van der Waals surface area contributed by atoms with Gasteiger partial charge in [-0.25, -0.2) is 16.8 Å². The first-order valence-electron chi connectivity index (χ1n) is 13.1. The van der Waals surface area contributed by atoms with Gasteiger partial charge in [-0.1, -0.05) is 18.2 Å². The number of sulfonamides is 2. The number of methoxy groups -OCH3 is 2. The van der Waals surface area contributed by atoms with Gasteiger partial charge in [0.05, 0.1) is 43.3 Å². The van der Waals surface area contributed by atoms with Crippen molar-refractivity contribution in [1.82, 2.24) is 0 Å². The second kappa shape index (κ2) is 12.8. The van der Waals surface area contributed by atoms with Crippen molar-refractivity contribution in [2.45, 2.75) is 25.3 Å². The van der Waals surface area contributed by atoms with Crippen LogP contribution in [-0.2, 0) is 26.6 Å². The third-order valence-electron chi connectivity index (χ3n) is 6.79. The number of hydrogen-bond acceptors (Lipinski definition) is 7. The number of nitrogens with one attached hydrogen (secondary N) is 2. The highest BCUT2D eigenvalue weighted by Gasteiger charge is 2.20. The van der Waals surface area contributed by atoms with E-state index >= 15 is 0 Å². The van der Waals surface area contributed by atoms with Gasteiger partial charge in [-0.3, -0.25) is 13.8 Å². The number of benzene rings is 4. The largest absolute Gasteiger partial charge is 0.497 e. The summed E-state index contributed by atoms with van der Waals surface area (Å²) in [5, 5.41) is 2.74. The molecule has 12 heteroatoms. The summed E-state index contributed by atoms with van der Waals surface area (Å²) in [6.45, 7) is 3.99. The predicted octanol–water partition coefficient (Wildman–Crippen LogP) is 5.34. The van der Waals surface area contributed by atoms with Gasteiger partial charge in [-0.2, -0.15) is 0 Å². The Morgan fingerprint density at radius 3 is 2.05 bits per heavy atom. The van der Waals surface area contributed by atoms with Crippen LogP contribution in [0.3, 0.4) is 0 Å². The van der Waals surface area contributed by atoms with Crippen LogP contribution < -0.4 is 23.8 Å². The Bertz CT molecular complexity index is 1840. The molecule has 0 aliphatic rings. The minimum atomic E-state index is -3.96. The van der Waals surface area contributed by atoms with Crippen LogP contribution in [0.25, 0.3) is 0 Å². The summed E-state index contributed by atoms with van der Waals surface area (Å²) in [6.07, 6.45) is 1.16. The molecule has 0 aromatic heterocycles. The zero-order valence-electron chi connectivity index (χ0n) is 24.4. The molecule has 0 spiro atoms. The second-order valence-corrected chi connectivity index (χ2v) is 13.5. The molecule has 43 heavy (non-hydrogen) atoms. The first-order valence-corrected chi connectivity index (χ1v) is 16.4. The molecule has 2 N–H and O–H groups in total. The topological polar surface area (TPSA) is 131 Å². The zero-order valence-corrected chi connectivity index (χ0v) is 26.0. The number of rotatable bonds is 11. The maximum atomic E-state index is 13.0. The average molecular weight is 624 g/mol. The number of carbonyl (C=O) groups excluding carboxylic acids is 1. The summed E-state index contributed by atoms with van der Waals surface area (Å²) in [7, 11) is -4.62. The molecule has 0 heterocycles. The lowest BCUT2D eigenvalue weighted by Crippen LogP contribution is -2.29. The van der Waals surface area contributed by atoms with Crippen LogP contribution in [0.15, 0.2) is 89.8 Å². The van der Waals surface area contributed by atoms with Gasteiger partial charge in [-0.15, -0.1) is 0 Å². The Kier molecular flexibility index (Phi) is 9.31. The highest BCUT2D eigenvalue weighted by atomic mass is 32.2. The van der Waals surface area contributed by atoms with Crippen LogP contribution in [-0.4, -0.2) is 43.2 Å². The fourth-order valence-corrected chi connectivity index (χ4v) is 6.17. The number of amides is 1. The number of hydrogen-bond donors (Lipinski definition) is 2. The van der Waals surface area contributed by atoms with Gasteiger partial charge in [0.25, 0.3) is 15.9 Å². The summed E-state index contributed by atoms with van der Waals surface area (Å²) in [5.41, 5.74) is 4.28. The lowest BCUT2D eigenvalue weighted by atomic mass is 10.1. The summed E-state index contributed by atoms with van der Waals surface area (Å²) in [4.78, 5) is 12.9. The minimum absolute atomic E-state index is 0.0149. The molecule has 0 radical (unpaired) electrons. The van der Waals surface area contributed by atoms with E-state index in [0.29, 0.717) is 34.0 Å². The van der Waals surface area contributed by atoms with Crippen LogP contribution in [0.4, 0.5) is 17.1 Å². The molecule has 226 valence electrons. The molecule has 4 rings (SSSR count). The molecule has 0 fully saturated rings. The lowest BCUT2D eigenvalue weighted by molar-refractivity contribution is 0.102. The smallest absolute Gasteiger partial charge is 0.262 e. The first kappa shape index (κ1) is 31.4. The van der Waals surface area contributed by atoms with E-state index in [2.05, 4.69) is 10.0 Å². The van der Waals surface area contributed by atoms with Gasteiger partial charge in [0, 0.05) is 17.3 Å². The van der Waals surface area contributed by atoms with Crippen molar-refractivity contribution in [2.75, 3.05) is 34.8 Å². The molecule has 10 nitrogen and oxygen atoms in total. The van der Waals surface area contributed by atoms with Gasteiger partial charge >= 0.3 is 0 Å². The lowest BCUT2D eigenvalue weighted by Gasteiger charge is -2.23. The van der Waals surface area contributed by atoms with E-state index in [0.717, 1.165) is 17.4 Å². The van der Waals surface area contributed by atoms with Crippen molar-refractivity contribution in [3.8, 4) is 11.5 Å². The Balaban J connectivity index is 1.44. The fourth-order valence-electron chi connectivity index (χ4n) is 4.23. The maximum Gasteiger partial charge on any atom is 0.262 e. The fraction of sp³-hybridized carbons (Fsp3) is 0.194. The standard InChI is InChI=1S/C31H33N3O7S2/c1-21-6-13-26(18-22(21)2)34(42(5,36)37)20-23-7-9-24(10-8-23)31(35)32-25-11-15-28(16-12-25)43(38,39)33-29-19-27(40-3)14-17-30(29)41-4/h6-19,33H,20H2,1-5H3,(H,32,35). The molecule has 0 saturated heterocycles. The summed E-state index contributed by atoms with van der Waals surface area (Å²) in [5.74, 6) is 0.378. The van der Waals surface area contributed by atoms with E-state index in [-0.39, 0.29) is 17.1 Å². The number of nitrogens with zero attached hydrogens (tertiary/aromatic N) is 1.